The number of halogens is 1. The number of nitrogens with one attached hydrogen (secondary N) is 2. The highest BCUT2D eigenvalue weighted by Gasteiger charge is 2.13. The highest BCUT2D eigenvalue weighted by molar-refractivity contribution is 7.91. The molecule has 0 aliphatic heterocycles. The van der Waals surface area contributed by atoms with E-state index in [-0.39, 0.29) is 16.1 Å². The van der Waals surface area contributed by atoms with Crippen LogP contribution in [0.2, 0.25) is 0 Å². The number of sulfonamides is 1. The molecule has 4 N–H and O–H groups in total. The van der Waals surface area contributed by atoms with E-state index in [1.54, 1.807) is 26.1 Å². The van der Waals surface area contributed by atoms with Crippen LogP contribution in [0.15, 0.2) is 39.5 Å². The molecule has 1 unspecified atom stereocenters. The van der Waals surface area contributed by atoms with E-state index >= 15 is 0 Å². The van der Waals surface area contributed by atoms with Crippen molar-refractivity contribution in [3.05, 3.63) is 52.2 Å². The van der Waals surface area contributed by atoms with Crippen molar-refractivity contribution in [3.8, 4) is 0 Å². The summed E-state index contributed by atoms with van der Waals surface area (Å²) in [5.74, 6) is 0.280. The largest absolute Gasteiger partial charge is 0.352 e. The Morgan fingerprint density at radius 1 is 1.36 bits per heavy atom. The fourth-order valence-electron chi connectivity index (χ4n) is 2.14. The van der Waals surface area contributed by atoms with Crippen molar-refractivity contribution in [2.24, 2.45) is 10.1 Å². The molecule has 0 amide bonds. The molecule has 1 aromatic carbocycles. The molecule has 0 aliphatic carbocycles. The molecule has 0 bridgehead atoms. The normalized spacial score (nSPS) is 13.6. The van der Waals surface area contributed by atoms with Gasteiger partial charge in [-0.3, -0.25) is 4.99 Å². The standard InChI is InChI=1S/C16H21FN4O2S2/c1-10-4-5-12(8-14(10)17)11(2)21-16(19-3)20-9-13-6-7-15(24-13)25(18,22)23/h4-8,11H,9H2,1-3H3,(H2,18,22,23)(H2,19,20,21). The van der Waals surface area contributed by atoms with Gasteiger partial charge in [-0.15, -0.1) is 11.3 Å². The maximum Gasteiger partial charge on any atom is 0.247 e. The Labute approximate surface area is 151 Å². The van der Waals surface area contributed by atoms with E-state index in [0.717, 1.165) is 21.8 Å². The minimum Gasteiger partial charge on any atom is -0.352 e. The lowest BCUT2D eigenvalue weighted by molar-refractivity contribution is 0.599. The fourth-order valence-corrected chi connectivity index (χ4v) is 3.86. The second-order valence-corrected chi connectivity index (χ2v) is 8.52. The first kappa shape index (κ1) is 19.4. The summed E-state index contributed by atoms with van der Waals surface area (Å²) in [6, 6.07) is 8.12. The van der Waals surface area contributed by atoms with E-state index in [1.807, 2.05) is 13.0 Å². The Morgan fingerprint density at radius 3 is 2.64 bits per heavy atom. The number of nitrogens with two attached hydrogens (primary N) is 1. The van der Waals surface area contributed by atoms with Gasteiger partial charge in [0.2, 0.25) is 10.0 Å². The minimum absolute atomic E-state index is 0.121. The molecule has 9 heteroatoms. The van der Waals surface area contributed by atoms with Gasteiger partial charge >= 0.3 is 0 Å². The van der Waals surface area contributed by atoms with Gasteiger partial charge in [0, 0.05) is 11.9 Å². The summed E-state index contributed by atoms with van der Waals surface area (Å²) in [4.78, 5) is 4.93. The number of nitrogens with zero attached hydrogens (tertiary/aromatic N) is 1. The van der Waals surface area contributed by atoms with E-state index < -0.39 is 10.0 Å². The lowest BCUT2D eigenvalue weighted by atomic mass is 10.1. The molecule has 6 nitrogen and oxygen atoms in total. The molecule has 0 aliphatic rings. The molecule has 0 saturated carbocycles. The van der Waals surface area contributed by atoms with Crippen molar-refractivity contribution < 1.29 is 12.8 Å². The summed E-state index contributed by atoms with van der Waals surface area (Å²) in [5, 5.41) is 11.4. The van der Waals surface area contributed by atoms with E-state index in [9.17, 15) is 12.8 Å². The zero-order valence-corrected chi connectivity index (χ0v) is 15.8. The maximum absolute atomic E-state index is 13.7. The molecule has 2 rings (SSSR count). The number of thiophene rings is 1. The Balaban J connectivity index is 1.98. The van der Waals surface area contributed by atoms with Crippen LogP contribution in [0.5, 0.6) is 0 Å². The van der Waals surface area contributed by atoms with Gasteiger partial charge < -0.3 is 10.6 Å². The molecule has 1 atom stereocenters. The van der Waals surface area contributed by atoms with E-state index in [4.69, 9.17) is 5.14 Å². The number of hydrogen-bond donors (Lipinski definition) is 3. The smallest absolute Gasteiger partial charge is 0.247 e. The average Bonchev–Trinajstić information content (AvgIpc) is 3.03. The van der Waals surface area contributed by atoms with Crippen LogP contribution in [-0.2, 0) is 16.6 Å². The van der Waals surface area contributed by atoms with Gasteiger partial charge in [-0.25, -0.2) is 17.9 Å². The van der Waals surface area contributed by atoms with Gasteiger partial charge in [0.15, 0.2) is 5.96 Å². The van der Waals surface area contributed by atoms with E-state index in [1.165, 1.54) is 12.1 Å². The number of guanidine groups is 1. The lowest BCUT2D eigenvalue weighted by Crippen LogP contribution is -2.38. The second kappa shape index (κ2) is 7.94. The molecule has 0 fully saturated rings. The minimum atomic E-state index is -3.68. The van der Waals surface area contributed by atoms with Gasteiger partial charge in [-0.1, -0.05) is 12.1 Å². The summed E-state index contributed by atoms with van der Waals surface area (Å²) >= 11 is 1.10. The summed E-state index contributed by atoms with van der Waals surface area (Å²) in [5.41, 5.74) is 1.40. The molecule has 1 heterocycles. The van der Waals surface area contributed by atoms with Gasteiger partial charge in [-0.2, -0.15) is 0 Å². The second-order valence-electron chi connectivity index (χ2n) is 5.57. The van der Waals surface area contributed by atoms with Crippen molar-refractivity contribution in [1.29, 1.82) is 0 Å². The molecular weight excluding hydrogens is 363 g/mol. The maximum atomic E-state index is 13.7. The molecule has 1 aromatic heterocycles. The molecule has 0 spiro atoms. The number of primary sulfonamides is 1. The van der Waals surface area contributed by atoms with Crippen LogP contribution in [0, 0.1) is 12.7 Å². The van der Waals surface area contributed by atoms with Crippen LogP contribution in [-0.4, -0.2) is 21.4 Å². The first-order valence-corrected chi connectivity index (χ1v) is 9.91. The molecule has 0 saturated heterocycles. The number of aryl methyl sites for hydroxylation is 1. The third kappa shape index (κ3) is 5.25. The topological polar surface area (TPSA) is 96.6 Å². The first-order valence-electron chi connectivity index (χ1n) is 7.55. The summed E-state index contributed by atoms with van der Waals surface area (Å²) in [6.45, 7) is 4.02. The van der Waals surface area contributed by atoms with Crippen LogP contribution in [0.1, 0.15) is 29.0 Å². The molecule has 0 radical (unpaired) electrons. The summed E-state index contributed by atoms with van der Waals surface area (Å²) < 4.78 is 36.4. The first-order chi connectivity index (χ1) is 11.7. The SMILES string of the molecule is CN=C(NCc1ccc(S(N)(=O)=O)s1)NC(C)c1ccc(C)c(F)c1. The summed E-state index contributed by atoms with van der Waals surface area (Å²) in [6.07, 6.45) is 0. The number of hydrogen-bond acceptors (Lipinski definition) is 4. The Hall–Kier alpha value is -1.97. The van der Waals surface area contributed by atoms with Crippen LogP contribution < -0.4 is 15.8 Å². The molecule has 136 valence electrons. The molecule has 25 heavy (non-hydrogen) atoms. The third-order valence-corrected chi connectivity index (χ3v) is 6.14. The van der Waals surface area contributed by atoms with Crippen molar-refractivity contribution >= 4 is 27.3 Å². The average molecular weight is 385 g/mol. The number of aliphatic imine (C=N–C) groups is 1. The fraction of sp³-hybridized carbons (Fsp3) is 0.312. The van der Waals surface area contributed by atoms with E-state index in [0.29, 0.717) is 18.1 Å². The Kier molecular flexibility index (Phi) is 6.15. The van der Waals surface area contributed by atoms with Crippen molar-refractivity contribution in [1.82, 2.24) is 10.6 Å². The number of rotatable bonds is 5. The highest BCUT2D eigenvalue weighted by Crippen LogP contribution is 2.20. The Bertz CT molecular complexity index is 878. The van der Waals surface area contributed by atoms with E-state index in [2.05, 4.69) is 15.6 Å². The van der Waals surface area contributed by atoms with Crippen LogP contribution in [0.25, 0.3) is 0 Å². The summed E-state index contributed by atoms with van der Waals surface area (Å²) in [7, 11) is -2.05. The highest BCUT2D eigenvalue weighted by atomic mass is 32.2. The van der Waals surface area contributed by atoms with Crippen LogP contribution >= 0.6 is 11.3 Å². The van der Waals surface area contributed by atoms with Gasteiger partial charge in [0.1, 0.15) is 10.0 Å². The van der Waals surface area contributed by atoms with Gasteiger partial charge in [0.25, 0.3) is 0 Å². The quantitative estimate of drug-likeness (QED) is 0.544. The lowest BCUT2D eigenvalue weighted by Gasteiger charge is -2.18. The zero-order valence-electron chi connectivity index (χ0n) is 14.2. The molecule has 2 aromatic rings. The predicted molar refractivity (Wildman–Crippen MR) is 98.6 cm³/mol. The molecular formula is C16H21FN4O2S2. The Morgan fingerprint density at radius 2 is 2.08 bits per heavy atom. The van der Waals surface area contributed by atoms with Gasteiger partial charge in [0.05, 0.1) is 12.6 Å². The van der Waals surface area contributed by atoms with Crippen LogP contribution in [0.4, 0.5) is 4.39 Å². The predicted octanol–water partition coefficient (Wildman–Crippen LogP) is 2.27. The van der Waals surface area contributed by atoms with Crippen molar-refractivity contribution in [3.63, 3.8) is 0 Å². The van der Waals surface area contributed by atoms with Crippen molar-refractivity contribution in [2.45, 2.75) is 30.6 Å². The zero-order chi connectivity index (χ0) is 18.6. The number of benzene rings is 1. The van der Waals surface area contributed by atoms with Gasteiger partial charge in [-0.05, 0) is 43.2 Å². The van der Waals surface area contributed by atoms with Crippen molar-refractivity contribution in [2.75, 3.05) is 7.05 Å². The van der Waals surface area contributed by atoms with Crippen LogP contribution in [0.3, 0.4) is 0 Å². The monoisotopic (exact) mass is 384 g/mol. The third-order valence-electron chi connectivity index (χ3n) is 3.62.